The molecule has 2 rings (SSSR count). The van der Waals surface area contributed by atoms with Gasteiger partial charge in [-0.25, -0.2) is 0 Å². The lowest BCUT2D eigenvalue weighted by Crippen LogP contribution is -2.48. The average molecular weight is 259 g/mol. The minimum absolute atomic E-state index is 0.146. The van der Waals surface area contributed by atoms with Crippen molar-refractivity contribution in [1.29, 1.82) is 0 Å². The largest absolute Gasteiger partial charge is 0.416 e. The van der Waals surface area contributed by atoms with Gasteiger partial charge in [0.25, 0.3) is 0 Å². The predicted molar refractivity (Wildman–Crippen MR) is 57.8 cm³/mol. The number of nitrogens with one attached hydrogen (secondary N) is 1. The van der Waals surface area contributed by atoms with E-state index in [2.05, 4.69) is 5.32 Å². The van der Waals surface area contributed by atoms with Crippen molar-refractivity contribution in [3.05, 3.63) is 35.4 Å². The van der Waals surface area contributed by atoms with E-state index in [9.17, 15) is 18.0 Å². The van der Waals surface area contributed by atoms with E-state index in [1.165, 1.54) is 6.07 Å². The smallest absolute Gasteiger partial charge is 0.359 e. The lowest BCUT2D eigenvalue weighted by Gasteiger charge is -2.34. The van der Waals surface area contributed by atoms with Gasteiger partial charge in [-0.2, -0.15) is 13.2 Å². The van der Waals surface area contributed by atoms with Crippen LogP contribution in [0.15, 0.2) is 24.3 Å². The third-order valence-electron chi connectivity index (χ3n) is 2.95. The minimum atomic E-state index is -4.38. The fourth-order valence-corrected chi connectivity index (χ4v) is 1.80. The summed E-state index contributed by atoms with van der Waals surface area (Å²) in [7, 11) is 0. The average Bonchev–Trinajstić information content (AvgIpc) is 2.32. The number of halogens is 3. The second kappa shape index (κ2) is 4.28. The van der Waals surface area contributed by atoms with Crippen molar-refractivity contribution in [2.24, 2.45) is 0 Å². The molecule has 0 bridgehead atoms. The molecule has 0 spiro atoms. The van der Waals surface area contributed by atoms with Gasteiger partial charge in [-0.05, 0) is 24.6 Å². The zero-order valence-corrected chi connectivity index (χ0v) is 9.67. The van der Waals surface area contributed by atoms with Crippen molar-refractivity contribution in [2.45, 2.75) is 18.7 Å². The predicted octanol–water partition coefficient (Wildman–Crippen LogP) is 2.07. The summed E-state index contributed by atoms with van der Waals surface area (Å²) in [5.41, 5.74) is -1.24. The Labute approximate surface area is 102 Å². The quantitative estimate of drug-likeness (QED) is 0.838. The van der Waals surface area contributed by atoms with Crippen molar-refractivity contribution in [3.8, 4) is 0 Å². The van der Waals surface area contributed by atoms with Crippen LogP contribution in [-0.2, 0) is 21.3 Å². The van der Waals surface area contributed by atoms with Gasteiger partial charge in [0.1, 0.15) is 12.2 Å². The maximum absolute atomic E-state index is 12.6. The first kappa shape index (κ1) is 12.9. The molecule has 1 aromatic carbocycles. The third kappa shape index (κ3) is 2.48. The Morgan fingerprint density at radius 1 is 1.39 bits per heavy atom. The van der Waals surface area contributed by atoms with Gasteiger partial charge < -0.3 is 10.1 Å². The Morgan fingerprint density at radius 3 is 2.67 bits per heavy atom. The Balaban J connectivity index is 2.31. The zero-order valence-electron chi connectivity index (χ0n) is 9.67. The van der Waals surface area contributed by atoms with Gasteiger partial charge in [0, 0.05) is 0 Å². The molecule has 1 atom stereocenters. The summed E-state index contributed by atoms with van der Waals surface area (Å²) in [6.45, 7) is 1.67. The first-order valence-corrected chi connectivity index (χ1v) is 5.40. The van der Waals surface area contributed by atoms with Crippen LogP contribution in [0, 0.1) is 0 Å². The van der Waals surface area contributed by atoms with Gasteiger partial charge in [0.15, 0.2) is 0 Å². The fraction of sp³-hybridized carbons (Fsp3) is 0.417. The van der Waals surface area contributed by atoms with Gasteiger partial charge in [-0.15, -0.1) is 0 Å². The van der Waals surface area contributed by atoms with Crippen molar-refractivity contribution < 1.29 is 22.7 Å². The highest BCUT2D eigenvalue weighted by molar-refractivity contribution is 5.78. The number of alkyl halides is 3. The number of morpholine rings is 1. The Morgan fingerprint density at radius 2 is 2.11 bits per heavy atom. The second-order valence-electron chi connectivity index (χ2n) is 4.37. The minimum Gasteiger partial charge on any atom is -0.359 e. The first-order chi connectivity index (χ1) is 8.31. The molecule has 1 N–H and O–H groups in total. The molecule has 0 saturated carbocycles. The van der Waals surface area contributed by atoms with Crippen LogP contribution in [0.25, 0.3) is 0 Å². The lowest BCUT2D eigenvalue weighted by molar-refractivity contribution is -0.144. The van der Waals surface area contributed by atoms with Crippen LogP contribution < -0.4 is 5.32 Å². The first-order valence-electron chi connectivity index (χ1n) is 5.40. The van der Waals surface area contributed by atoms with Crippen molar-refractivity contribution in [2.75, 3.05) is 13.2 Å². The van der Waals surface area contributed by atoms with E-state index in [0.717, 1.165) is 12.1 Å². The summed E-state index contributed by atoms with van der Waals surface area (Å²) >= 11 is 0. The molecule has 1 amide bonds. The molecule has 6 heteroatoms. The Kier molecular flexibility index (Phi) is 3.06. The number of carbonyl (C=O) groups excluding carboxylic acids is 1. The molecule has 1 aromatic rings. The van der Waals surface area contributed by atoms with E-state index in [-0.39, 0.29) is 19.1 Å². The van der Waals surface area contributed by atoms with Crippen LogP contribution >= 0.6 is 0 Å². The van der Waals surface area contributed by atoms with Crippen LogP contribution in [0.4, 0.5) is 13.2 Å². The summed E-state index contributed by atoms with van der Waals surface area (Å²) < 4.78 is 43.2. The van der Waals surface area contributed by atoms with Gasteiger partial charge in [0.2, 0.25) is 5.91 Å². The van der Waals surface area contributed by atoms with Crippen LogP contribution in [0.3, 0.4) is 0 Å². The van der Waals surface area contributed by atoms with E-state index < -0.39 is 17.3 Å². The Hall–Kier alpha value is -1.56. The highest BCUT2D eigenvalue weighted by atomic mass is 19.4. The summed E-state index contributed by atoms with van der Waals surface area (Å²) in [4.78, 5) is 11.0. The zero-order chi connectivity index (χ0) is 13.4. The van der Waals surface area contributed by atoms with E-state index in [0.29, 0.717) is 5.56 Å². The summed E-state index contributed by atoms with van der Waals surface area (Å²) in [6, 6.07) is 4.96. The topological polar surface area (TPSA) is 38.3 Å². The molecule has 98 valence electrons. The molecule has 3 nitrogen and oxygen atoms in total. The van der Waals surface area contributed by atoms with Gasteiger partial charge in [0.05, 0.1) is 12.1 Å². The molecule has 18 heavy (non-hydrogen) atoms. The molecule has 1 fully saturated rings. The highest BCUT2D eigenvalue weighted by Crippen LogP contribution is 2.33. The number of hydrogen-bond donors (Lipinski definition) is 1. The van der Waals surface area contributed by atoms with E-state index >= 15 is 0 Å². The molecule has 1 heterocycles. The number of carbonyl (C=O) groups is 1. The maximum atomic E-state index is 12.6. The monoisotopic (exact) mass is 259 g/mol. The molecule has 1 aliphatic rings. The number of ether oxygens (including phenoxy) is 1. The van der Waals surface area contributed by atoms with Crippen LogP contribution in [0.2, 0.25) is 0 Å². The number of benzene rings is 1. The van der Waals surface area contributed by atoms with E-state index in [1.54, 1.807) is 13.0 Å². The van der Waals surface area contributed by atoms with Crippen LogP contribution in [0.1, 0.15) is 18.1 Å². The normalized spacial score (nSPS) is 24.8. The number of rotatable bonds is 1. The van der Waals surface area contributed by atoms with E-state index in [1.807, 2.05) is 0 Å². The summed E-state index contributed by atoms with van der Waals surface area (Å²) in [6.07, 6.45) is -4.38. The number of amides is 1. The van der Waals surface area contributed by atoms with Crippen molar-refractivity contribution in [3.63, 3.8) is 0 Å². The van der Waals surface area contributed by atoms with Crippen LogP contribution in [0.5, 0.6) is 0 Å². The molecule has 0 aromatic heterocycles. The Bertz CT molecular complexity index is 461. The third-order valence-corrected chi connectivity index (χ3v) is 2.95. The van der Waals surface area contributed by atoms with Crippen LogP contribution in [-0.4, -0.2) is 19.1 Å². The molecule has 1 unspecified atom stereocenters. The standard InChI is InChI=1S/C12H12F3NO2/c1-11(7-16-10(17)6-18-11)8-3-2-4-9(5-8)12(13,14)15/h2-5H,6-7H2,1H3,(H,16,17). The molecule has 0 radical (unpaired) electrons. The molecule has 1 saturated heterocycles. The molecule has 0 aliphatic carbocycles. The fourth-order valence-electron chi connectivity index (χ4n) is 1.80. The molecular weight excluding hydrogens is 247 g/mol. The summed E-state index contributed by atoms with van der Waals surface area (Å²) in [5.74, 6) is -0.264. The van der Waals surface area contributed by atoms with Gasteiger partial charge in [-0.1, -0.05) is 12.1 Å². The lowest BCUT2D eigenvalue weighted by atomic mass is 9.93. The molecular formula is C12H12F3NO2. The van der Waals surface area contributed by atoms with Gasteiger partial charge >= 0.3 is 6.18 Å². The van der Waals surface area contributed by atoms with Gasteiger partial charge in [-0.3, -0.25) is 4.79 Å². The molecule has 1 aliphatic heterocycles. The second-order valence-corrected chi connectivity index (χ2v) is 4.37. The number of hydrogen-bond acceptors (Lipinski definition) is 2. The highest BCUT2D eigenvalue weighted by Gasteiger charge is 2.36. The maximum Gasteiger partial charge on any atom is 0.416 e. The van der Waals surface area contributed by atoms with E-state index in [4.69, 9.17) is 4.74 Å². The summed E-state index contributed by atoms with van der Waals surface area (Å²) in [5, 5.41) is 2.58. The van der Waals surface area contributed by atoms with Crippen molar-refractivity contribution >= 4 is 5.91 Å². The van der Waals surface area contributed by atoms with Crippen molar-refractivity contribution in [1.82, 2.24) is 5.32 Å². The SMILES string of the molecule is CC1(c2cccc(C(F)(F)F)c2)CNC(=O)CO1.